The summed E-state index contributed by atoms with van der Waals surface area (Å²) in [6.07, 6.45) is 3.90. The fraction of sp³-hybridized carbons (Fsp3) is 0.286. The minimum atomic E-state index is -0.263. The highest BCUT2D eigenvalue weighted by molar-refractivity contribution is 6.09. The van der Waals surface area contributed by atoms with E-state index in [4.69, 9.17) is 4.74 Å². The van der Waals surface area contributed by atoms with Gasteiger partial charge in [-0.05, 0) is 73.4 Å². The highest BCUT2D eigenvalue weighted by Gasteiger charge is 2.34. The third-order valence-electron chi connectivity index (χ3n) is 6.95. The monoisotopic (exact) mass is 496 g/mol. The minimum Gasteiger partial charge on any atom is -0.378 e. The number of benzene rings is 2. The number of pyridine rings is 1. The van der Waals surface area contributed by atoms with E-state index in [2.05, 4.69) is 30.7 Å². The number of carbonyl (C=O) groups excluding carboxylic acids is 2. The van der Waals surface area contributed by atoms with Gasteiger partial charge >= 0.3 is 0 Å². The lowest BCUT2D eigenvalue weighted by molar-refractivity contribution is 0.0930. The molecule has 2 aromatic heterocycles. The Balaban J connectivity index is 1.17. The van der Waals surface area contributed by atoms with Gasteiger partial charge in [-0.3, -0.25) is 19.7 Å². The molecule has 3 heterocycles. The van der Waals surface area contributed by atoms with Crippen LogP contribution in [-0.4, -0.2) is 53.3 Å². The van der Waals surface area contributed by atoms with E-state index in [1.807, 2.05) is 42.5 Å². The molecule has 1 saturated carbocycles. The number of amides is 2. The number of ether oxygens (including phenoxy) is 1. The summed E-state index contributed by atoms with van der Waals surface area (Å²) in [4.78, 5) is 32.8. The van der Waals surface area contributed by atoms with E-state index in [9.17, 15) is 9.59 Å². The fourth-order valence-corrected chi connectivity index (χ4v) is 4.72. The van der Waals surface area contributed by atoms with Gasteiger partial charge in [0.2, 0.25) is 0 Å². The second-order valence-electron chi connectivity index (χ2n) is 9.48. The zero-order valence-corrected chi connectivity index (χ0v) is 20.3. The van der Waals surface area contributed by atoms with Gasteiger partial charge in [0, 0.05) is 41.5 Å². The molecule has 1 unspecified atom stereocenters. The van der Waals surface area contributed by atoms with Crippen LogP contribution in [0.5, 0.6) is 0 Å². The molecule has 188 valence electrons. The molecule has 0 bridgehead atoms. The van der Waals surface area contributed by atoms with Gasteiger partial charge in [0.1, 0.15) is 0 Å². The Bertz CT molecular complexity index is 1410. The Kier molecular flexibility index (Phi) is 6.28. The van der Waals surface area contributed by atoms with Crippen molar-refractivity contribution in [2.45, 2.75) is 18.9 Å². The molecule has 1 aliphatic carbocycles. The molecule has 0 spiro atoms. The van der Waals surface area contributed by atoms with Gasteiger partial charge in [0.05, 0.1) is 30.5 Å². The number of hydrogen-bond donors (Lipinski definition) is 3. The first-order valence-corrected chi connectivity index (χ1v) is 12.6. The zero-order chi connectivity index (χ0) is 25.2. The Morgan fingerprint density at radius 3 is 2.49 bits per heavy atom. The van der Waals surface area contributed by atoms with Crippen LogP contribution >= 0.6 is 0 Å². The summed E-state index contributed by atoms with van der Waals surface area (Å²) in [5.74, 6) is 0.346. The number of rotatable bonds is 7. The quantitative estimate of drug-likeness (QED) is 0.357. The highest BCUT2D eigenvalue weighted by Crippen LogP contribution is 2.40. The number of morpholine rings is 1. The minimum absolute atomic E-state index is 0.117. The lowest BCUT2D eigenvalue weighted by Crippen LogP contribution is -2.36. The highest BCUT2D eigenvalue weighted by atomic mass is 16.5. The predicted octanol–water partition coefficient (Wildman–Crippen LogP) is 3.93. The van der Waals surface area contributed by atoms with Crippen LogP contribution in [0.2, 0.25) is 0 Å². The first kappa shape index (κ1) is 23.2. The van der Waals surface area contributed by atoms with Crippen molar-refractivity contribution < 1.29 is 14.3 Å². The molecule has 2 aromatic carbocycles. The second-order valence-corrected chi connectivity index (χ2v) is 9.48. The van der Waals surface area contributed by atoms with E-state index < -0.39 is 0 Å². The molecule has 2 aliphatic rings. The maximum Gasteiger partial charge on any atom is 0.256 e. The Morgan fingerprint density at radius 1 is 0.973 bits per heavy atom. The summed E-state index contributed by atoms with van der Waals surface area (Å²) < 4.78 is 5.41. The molecule has 3 N–H and O–H groups in total. The van der Waals surface area contributed by atoms with Gasteiger partial charge in [0.25, 0.3) is 11.8 Å². The van der Waals surface area contributed by atoms with Crippen LogP contribution in [0.25, 0.3) is 10.9 Å². The number of carbonyl (C=O) groups is 2. The molecule has 2 fully saturated rings. The average Bonchev–Trinajstić information content (AvgIpc) is 3.73. The molecule has 9 nitrogen and oxygen atoms in total. The summed E-state index contributed by atoms with van der Waals surface area (Å²) >= 11 is 0. The van der Waals surface area contributed by atoms with E-state index in [0.29, 0.717) is 41.5 Å². The SMILES string of the molecule is O=C(Nc1n[nH]c2ccc(C(=O)NC(c3ccccn3)C3CC3)cc12)c1ccc(N2CCOCC2)cc1. The number of nitrogens with zero attached hydrogens (tertiary/aromatic N) is 3. The number of hydrogen-bond acceptors (Lipinski definition) is 6. The normalized spacial score (nSPS) is 16.4. The van der Waals surface area contributed by atoms with Gasteiger partial charge in [-0.2, -0.15) is 5.10 Å². The fourth-order valence-electron chi connectivity index (χ4n) is 4.72. The van der Waals surface area contributed by atoms with Crippen LogP contribution < -0.4 is 15.5 Å². The number of anilines is 2. The van der Waals surface area contributed by atoms with Crippen LogP contribution in [0.1, 0.15) is 45.3 Å². The molecule has 1 aliphatic heterocycles. The van der Waals surface area contributed by atoms with E-state index in [1.54, 1.807) is 24.4 Å². The van der Waals surface area contributed by atoms with E-state index in [1.165, 1.54) is 0 Å². The van der Waals surface area contributed by atoms with Gasteiger partial charge in [-0.15, -0.1) is 0 Å². The standard InChI is InChI=1S/C28H28N6O3/c35-27(19-6-9-21(10-7-19)34-13-15-37-16-14-34)31-26-22-17-20(8-11-23(22)32-33-26)28(36)30-25(18-4-5-18)24-3-1-2-12-29-24/h1-3,6-12,17-18,25H,4-5,13-16H2,(H,30,36)(H2,31,32,33,35). The van der Waals surface area contributed by atoms with Crippen LogP contribution in [0.15, 0.2) is 66.9 Å². The number of H-pyrrole nitrogens is 1. The smallest absolute Gasteiger partial charge is 0.256 e. The van der Waals surface area contributed by atoms with E-state index in [-0.39, 0.29) is 17.9 Å². The molecule has 6 rings (SSSR count). The molecule has 2 amide bonds. The Hall–Kier alpha value is -4.24. The van der Waals surface area contributed by atoms with Crippen LogP contribution in [0, 0.1) is 5.92 Å². The molecule has 1 saturated heterocycles. The topological polar surface area (TPSA) is 112 Å². The first-order valence-electron chi connectivity index (χ1n) is 12.6. The van der Waals surface area contributed by atoms with E-state index in [0.717, 1.165) is 42.8 Å². The summed E-state index contributed by atoms with van der Waals surface area (Å²) in [6, 6.07) is 18.5. The maximum absolute atomic E-state index is 13.2. The van der Waals surface area contributed by atoms with Crippen molar-refractivity contribution in [1.82, 2.24) is 20.5 Å². The zero-order valence-electron chi connectivity index (χ0n) is 20.3. The van der Waals surface area contributed by atoms with Crippen LogP contribution in [-0.2, 0) is 4.74 Å². The van der Waals surface area contributed by atoms with Gasteiger partial charge < -0.3 is 20.3 Å². The lowest BCUT2D eigenvalue weighted by atomic mass is 10.1. The van der Waals surface area contributed by atoms with Crippen molar-refractivity contribution in [3.63, 3.8) is 0 Å². The Morgan fingerprint density at radius 2 is 1.76 bits per heavy atom. The van der Waals surface area contributed by atoms with Crippen molar-refractivity contribution in [3.8, 4) is 0 Å². The number of aromatic nitrogens is 3. The third-order valence-corrected chi connectivity index (χ3v) is 6.95. The predicted molar refractivity (Wildman–Crippen MR) is 141 cm³/mol. The van der Waals surface area contributed by atoms with E-state index >= 15 is 0 Å². The second kappa shape index (κ2) is 10.0. The lowest BCUT2D eigenvalue weighted by Gasteiger charge is -2.28. The summed E-state index contributed by atoms with van der Waals surface area (Å²) in [7, 11) is 0. The number of aromatic amines is 1. The maximum atomic E-state index is 13.2. The molecular formula is C28H28N6O3. The molecule has 4 aromatic rings. The summed E-state index contributed by atoms with van der Waals surface area (Å²) in [5.41, 5.74) is 3.70. The molecule has 1 atom stereocenters. The molecular weight excluding hydrogens is 468 g/mol. The van der Waals surface area contributed by atoms with Crippen molar-refractivity contribution in [2.75, 3.05) is 36.5 Å². The number of nitrogens with one attached hydrogen (secondary N) is 3. The Labute approximate surface area is 214 Å². The molecule has 37 heavy (non-hydrogen) atoms. The number of fused-ring (bicyclic) bond motifs is 1. The first-order chi connectivity index (χ1) is 18.2. The van der Waals surface area contributed by atoms with Crippen LogP contribution in [0.4, 0.5) is 11.5 Å². The van der Waals surface area contributed by atoms with Crippen molar-refractivity contribution in [1.29, 1.82) is 0 Å². The van der Waals surface area contributed by atoms with Crippen molar-refractivity contribution in [2.24, 2.45) is 5.92 Å². The van der Waals surface area contributed by atoms with Crippen molar-refractivity contribution in [3.05, 3.63) is 83.7 Å². The summed E-state index contributed by atoms with van der Waals surface area (Å²) in [6.45, 7) is 3.09. The van der Waals surface area contributed by atoms with Crippen molar-refractivity contribution >= 4 is 34.2 Å². The van der Waals surface area contributed by atoms with Crippen LogP contribution in [0.3, 0.4) is 0 Å². The summed E-state index contributed by atoms with van der Waals surface area (Å²) in [5, 5.41) is 13.9. The van der Waals surface area contributed by atoms with Gasteiger partial charge in [-0.1, -0.05) is 6.07 Å². The third kappa shape index (κ3) is 5.03. The average molecular weight is 497 g/mol. The van der Waals surface area contributed by atoms with Gasteiger partial charge in [-0.25, -0.2) is 0 Å². The molecule has 0 radical (unpaired) electrons. The van der Waals surface area contributed by atoms with Gasteiger partial charge in [0.15, 0.2) is 5.82 Å². The largest absolute Gasteiger partial charge is 0.378 e. The molecule has 9 heteroatoms.